The highest BCUT2D eigenvalue weighted by atomic mass is 19.4. The number of aromatic amines is 1. The van der Waals surface area contributed by atoms with Crippen molar-refractivity contribution < 1.29 is 37.8 Å². The first-order chi connectivity index (χ1) is 14.5. The molecule has 0 spiro atoms. The number of carboxylic acids is 2. The van der Waals surface area contributed by atoms with Gasteiger partial charge >= 0.3 is 18.1 Å². The Balaban J connectivity index is 0.000000423. The molecule has 10 nitrogen and oxygen atoms in total. The fourth-order valence-corrected chi connectivity index (χ4v) is 3.03. The number of nitriles is 1. The zero-order valence-electron chi connectivity index (χ0n) is 15.9. The summed E-state index contributed by atoms with van der Waals surface area (Å²) in [6, 6.07) is 3.58. The van der Waals surface area contributed by atoms with Crippen LogP contribution in [0, 0.1) is 11.3 Å². The van der Waals surface area contributed by atoms with Crippen LogP contribution < -0.4 is 5.32 Å². The average Bonchev–Trinajstić information content (AvgIpc) is 3.17. The Kier molecular flexibility index (Phi) is 7.41. The largest absolute Gasteiger partial charge is 0.490 e. The van der Waals surface area contributed by atoms with E-state index in [0.717, 1.165) is 12.8 Å². The fourth-order valence-electron chi connectivity index (χ4n) is 3.03. The van der Waals surface area contributed by atoms with Crippen LogP contribution in [-0.4, -0.2) is 68.2 Å². The normalized spacial score (nSPS) is 16.1. The van der Waals surface area contributed by atoms with Crippen molar-refractivity contribution in [3.63, 3.8) is 0 Å². The second kappa shape index (κ2) is 9.79. The van der Waals surface area contributed by atoms with E-state index in [4.69, 9.17) is 15.2 Å². The van der Waals surface area contributed by atoms with Gasteiger partial charge in [-0.1, -0.05) is 0 Å². The maximum Gasteiger partial charge on any atom is 0.490 e. The van der Waals surface area contributed by atoms with Gasteiger partial charge in [0.05, 0.1) is 11.8 Å². The summed E-state index contributed by atoms with van der Waals surface area (Å²) in [4.78, 5) is 41.0. The number of nitrogens with zero attached hydrogens (tertiary/aromatic N) is 3. The first kappa shape index (κ1) is 23.5. The van der Waals surface area contributed by atoms with Crippen LogP contribution in [0.25, 0.3) is 11.0 Å². The Labute approximate surface area is 173 Å². The summed E-state index contributed by atoms with van der Waals surface area (Å²) in [5.74, 6) is -4.00. The van der Waals surface area contributed by atoms with E-state index in [1.807, 2.05) is 6.07 Å². The van der Waals surface area contributed by atoms with Gasteiger partial charge in [0.25, 0.3) is 0 Å². The molecule has 0 radical (unpaired) electrons. The van der Waals surface area contributed by atoms with Gasteiger partial charge in [-0.2, -0.15) is 18.4 Å². The van der Waals surface area contributed by atoms with Crippen LogP contribution in [0.15, 0.2) is 18.5 Å². The van der Waals surface area contributed by atoms with Gasteiger partial charge in [0.15, 0.2) is 0 Å². The second-order valence-electron chi connectivity index (χ2n) is 6.55. The van der Waals surface area contributed by atoms with Gasteiger partial charge in [0, 0.05) is 36.9 Å². The summed E-state index contributed by atoms with van der Waals surface area (Å²) < 4.78 is 31.7. The van der Waals surface area contributed by atoms with E-state index in [1.54, 1.807) is 17.2 Å². The van der Waals surface area contributed by atoms with E-state index >= 15 is 0 Å². The van der Waals surface area contributed by atoms with Crippen LogP contribution in [0.1, 0.15) is 29.6 Å². The lowest BCUT2D eigenvalue weighted by molar-refractivity contribution is -0.192. The number of aliphatic carboxylic acids is 1. The van der Waals surface area contributed by atoms with Gasteiger partial charge in [-0.25, -0.2) is 14.6 Å². The van der Waals surface area contributed by atoms with Gasteiger partial charge in [-0.15, -0.1) is 0 Å². The molecule has 13 heteroatoms. The molecule has 3 rings (SSSR count). The number of likely N-dealkylation sites (tertiary alicyclic amines) is 1. The van der Waals surface area contributed by atoms with Crippen molar-refractivity contribution in [1.82, 2.24) is 14.9 Å². The van der Waals surface area contributed by atoms with Crippen LogP contribution in [0.2, 0.25) is 0 Å². The van der Waals surface area contributed by atoms with Gasteiger partial charge in [0.1, 0.15) is 17.6 Å². The number of halogens is 3. The lowest BCUT2D eigenvalue weighted by Gasteiger charge is -2.33. The molecule has 4 N–H and O–H groups in total. The highest BCUT2D eigenvalue weighted by molar-refractivity contribution is 6.03. The number of nitrogens with one attached hydrogen (secondary N) is 2. The molecule has 1 amide bonds. The van der Waals surface area contributed by atoms with Gasteiger partial charge < -0.3 is 25.4 Å². The average molecular weight is 441 g/mol. The first-order valence-corrected chi connectivity index (χ1v) is 8.95. The maximum atomic E-state index is 11.9. The van der Waals surface area contributed by atoms with Crippen LogP contribution >= 0.6 is 0 Å². The molecular weight excluding hydrogens is 423 g/mol. The van der Waals surface area contributed by atoms with Gasteiger partial charge in [-0.3, -0.25) is 4.79 Å². The van der Waals surface area contributed by atoms with Crippen LogP contribution in [0.5, 0.6) is 0 Å². The number of aromatic carboxylic acids is 1. The number of pyridine rings is 1. The summed E-state index contributed by atoms with van der Waals surface area (Å²) in [6.07, 6.45) is -0.560. The Morgan fingerprint density at radius 3 is 2.61 bits per heavy atom. The van der Waals surface area contributed by atoms with Crippen molar-refractivity contribution in [2.45, 2.75) is 31.5 Å². The molecule has 1 fully saturated rings. The van der Waals surface area contributed by atoms with Crippen molar-refractivity contribution in [2.24, 2.45) is 0 Å². The van der Waals surface area contributed by atoms with Crippen LogP contribution in [0.4, 0.5) is 18.9 Å². The minimum absolute atomic E-state index is 0.0695. The summed E-state index contributed by atoms with van der Waals surface area (Å²) in [5, 5.41) is 29.2. The predicted octanol–water partition coefficient (Wildman–Crippen LogP) is 2.21. The first-order valence-electron chi connectivity index (χ1n) is 8.95. The molecule has 0 aromatic carbocycles. The Hall–Kier alpha value is -3.82. The van der Waals surface area contributed by atoms with Gasteiger partial charge in [-0.05, 0) is 18.9 Å². The molecule has 0 unspecified atom stereocenters. The van der Waals surface area contributed by atoms with Crippen molar-refractivity contribution in [1.29, 1.82) is 5.26 Å². The number of hydrogen-bond donors (Lipinski definition) is 4. The van der Waals surface area contributed by atoms with E-state index in [1.165, 1.54) is 6.20 Å². The monoisotopic (exact) mass is 441 g/mol. The predicted molar refractivity (Wildman–Crippen MR) is 100 cm³/mol. The molecule has 2 aromatic rings. The Bertz CT molecular complexity index is 1010. The molecule has 0 bridgehead atoms. The smallest absolute Gasteiger partial charge is 0.478 e. The summed E-state index contributed by atoms with van der Waals surface area (Å²) in [7, 11) is 0. The number of carbonyl (C=O) groups excluding carboxylic acids is 1. The minimum Gasteiger partial charge on any atom is -0.478 e. The Morgan fingerprint density at radius 2 is 2.03 bits per heavy atom. The van der Waals surface area contributed by atoms with E-state index < -0.39 is 18.1 Å². The summed E-state index contributed by atoms with van der Waals surface area (Å²) in [6.45, 7) is 1.08. The molecule has 0 saturated carbocycles. The molecule has 166 valence electrons. The third kappa shape index (κ3) is 6.08. The number of carboxylic acid groups (broad SMARTS) is 2. The zero-order valence-corrected chi connectivity index (χ0v) is 15.9. The molecule has 31 heavy (non-hydrogen) atoms. The molecule has 1 atom stereocenters. The van der Waals surface area contributed by atoms with Crippen molar-refractivity contribution in [3.8, 4) is 6.07 Å². The maximum absolute atomic E-state index is 11.9. The van der Waals surface area contributed by atoms with Gasteiger partial charge in [0.2, 0.25) is 5.91 Å². The highest BCUT2D eigenvalue weighted by Gasteiger charge is 2.38. The SMILES string of the molecule is N#CCC(=O)N1CCC[C@@H](Nc2c(C(=O)O)cnc3[nH]ccc23)C1.O=C(O)C(F)(F)F. The van der Waals surface area contributed by atoms with Crippen molar-refractivity contribution in [3.05, 3.63) is 24.0 Å². The minimum atomic E-state index is -5.08. The quantitative estimate of drug-likeness (QED) is 0.562. The van der Waals surface area contributed by atoms with E-state index in [0.29, 0.717) is 29.8 Å². The second-order valence-corrected chi connectivity index (χ2v) is 6.55. The van der Waals surface area contributed by atoms with E-state index in [9.17, 15) is 27.9 Å². The number of carbonyl (C=O) groups is 3. The molecule has 2 aromatic heterocycles. The standard InChI is InChI=1S/C16H17N5O3.C2HF3O2/c17-5-3-13(22)21-7-1-2-10(9-21)20-14-11-4-6-18-15(11)19-8-12(14)16(23)24;3-2(4,5)1(6)7/h4,6,8,10H,1-3,7,9H2,(H,23,24)(H2,18,19,20);(H,6,7)/t10-;/m1./s1. The van der Waals surface area contributed by atoms with E-state index in [2.05, 4.69) is 15.3 Å². The molecule has 1 aliphatic heterocycles. The topological polar surface area (TPSA) is 159 Å². The third-order valence-electron chi connectivity index (χ3n) is 4.41. The molecule has 1 aliphatic rings. The van der Waals surface area contributed by atoms with Crippen LogP contribution in [0.3, 0.4) is 0 Å². The van der Waals surface area contributed by atoms with Crippen LogP contribution in [-0.2, 0) is 9.59 Å². The number of piperidine rings is 1. The number of hydrogen-bond acceptors (Lipinski definition) is 6. The molecular formula is C18H18F3N5O5. The molecule has 0 aliphatic carbocycles. The number of amides is 1. The third-order valence-corrected chi connectivity index (χ3v) is 4.41. The van der Waals surface area contributed by atoms with Crippen molar-refractivity contribution in [2.75, 3.05) is 18.4 Å². The number of rotatable bonds is 4. The number of fused-ring (bicyclic) bond motifs is 1. The number of aromatic nitrogens is 2. The number of alkyl halides is 3. The summed E-state index contributed by atoms with van der Waals surface area (Å²) >= 11 is 0. The van der Waals surface area contributed by atoms with Crippen molar-refractivity contribution >= 4 is 34.6 Å². The molecule has 1 saturated heterocycles. The number of H-pyrrole nitrogens is 1. The lowest BCUT2D eigenvalue weighted by Crippen LogP contribution is -2.45. The lowest BCUT2D eigenvalue weighted by atomic mass is 10.0. The fraction of sp³-hybridized carbons (Fsp3) is 0.389. The van der Waals surface area contributed by atoms with E-state index in [-0.39, 0.29) is 23.9 Å². The Morgan fingerprint density at radius 1 is 1.35 bits per heavy atom. The number of anilines is 1. The summed E-state index contributed by atoms with van der Waals surface area (Å²) in [5.41, 5.74) is 1.21. The molecule has 3 heterocycles. The zero-order chi connectivity index (χ0) is 23.2. The highest BCUT2D eigenvalue weighted by Crippen LogP contribution is 2.27.